The lowest BCUT2D eigenvalue weighted by atomic mass is 10.1. The highest BCUT2D eigenvalue weighted by molar-refractivity contribution is 6.69. The predicted molar refractivity (Wildman–Crippen MR) is 108 cm³/mol. The third-order valence-corrected chi connectivity index (χ3v) is 3.90. The molecule has 0 saturated carbocycles. The van der Waals surface area contributed by atoms with E-state index in [0.29, 0.717) is 23.6 Å². The molecule has 29 heavy (non-hydrogen) atoms. The molecule has 2 heterocycles. The Bertz CT molecular complexity index is 1060. The van der Waals surface area contributed by atoms with Crippen LogP contribution in [0.2, 0.25) is 0 Å². The molecule has 10 heteroatoms. The number of fused-ring (bicyclic) bond motifs is 1. The number of ether oxygens (including phenoxy) is 1. The lowest BCUT2D eigenvalue weighted by molar-refractivity contribution is -0.113. The molecule has 1 aromatic carbocycles. The SMILES string of the molecule is CCCOc1ccc(N=C/C(C(C)=O)=C(/C)O)cc1C1=NC(=O)C2=NN=NC2=N1. The summed E-state index contributed by atoms with van der Waals surface area (Å²) >= 11 is 0. The van der Waals surface area contributed by atoms with Crippen LogP contribution in [0, 0.1) is 0 Å². The van der Waals surface area contributed by atoms with Crippen molar-refractivity contribution in [2.24, 2.45) is 30.4 Å². The van der Waals surface area contributed by atoms with Gasteiger partial charge in [-0.1, -0.05) is 6.92 Å². The van der Waals surface area contributed by atoms with Gasteiger partial charge >= 0.3 is 5.91 Å². The first-order chi connectivity index (χ1) is 13.9. The Morgan fingerprint density at radius 2 is 2.03 bits per heavy atom. The van der Waals surface area contributed by atoms with Crippen molar-refractivity contribution in [3.63, 3.8) is 0 Å². The van der Waals surface area contributed by atoms with Crippen LogP contribution in [0.1, 0.15) is 32.8 Å². The number of nitrogens with zero attached hydrogens (tertiary/aromatic N) is 6. The number of aliphatic hydroxyl groups is 1. The average Bonchev–Trinajstić information content (AvgIpc) is 3.15. The quantitative estimate of drug-likeness (QED) is 0.431. The first-order valence-electron chi connectivity index (χ1n) is 8.83. The summed E-state index contributed by atoms with van der Waals surface area (Å²) in [6, 6.07) is 4.97. The Balaban J connectivity index is 2.03. The number of aliphatic imine (C=N–C) groups is 3. The van der Waals surface area contributed by atoms with E-state index in [9.17, 15) is 14.7 Å². The molecule has 0 aromatic heterocycles. The molecule has 0 spiro atoms. The van der Waals surface area contributed by atoms with Gasteiger partial charge in [0.05, 0.1) is 23.4 Å². The number of allylic oxidation sites excluding steroid dienone is 2. The number of Topliss-reactive ketones (excluding diaryl/α,β-unsaturated/α-hetero) is 1. The van der Waals surface area contributed by atoms with Gasteiger partial charge in [0.15, 0.2) is 11.6 Å². The molecule has 0 fully saturated rings. The topological polar surface area (TPSA) is 138 Å². The monoisotopic (exact) mass is 394 g/mol. The van der Waals surface area contributed by atoms with Crippen LogP contribution in [-0.4, -0.2) is 47.0 Å². The molecule has 148 valence electrons. The van der Waals surface area contributed by atoms with Crippen molar-refractivity contribution in [1.82, 2.24) is 0 Å². The fourth-order valence-corrected chi connectivity index (χ4v) is 2.50. The smallest absolute Gasteiger partial charge is 0.303 e. The fourth-order valence-electron chi connectivity index (χ4n) is 2.50. The summed E-state index contributed by atoms with van der Waals surface area (Å²) in [5, 5.41) is 20.4. The second kappa shape index (κ2) is 8.46. The minimum Gasteiger partial charge on any atom is -0.512 e. The molecule has 0 atom stereocenters. The third kappa shape index (κ3) is 4.37. The van der Waals surface area contributed by atoms with E-state index in [-0.39, 0.29) is 34.5 Å². The maximum atomic E-state index is 12.2. The van der Waals surface area contributed by atoms with Gasteiger partial charge in [0.1, 0.15) is 11.5 Å². The van der Waals surface area contributed by atoms with E-state index in [0.717, 1.165) is 6.42 Å². The molecule has 3 rings (SSSR count). The number of benzene rings is 1. The van der Waals surface area contributed by atoms with Crippen molar-refractivity contribution in [2.45, 2.75) is 27.2 Å². The van der Waals surface area contributed by atoms with Gasteiger partial charge in [-0.05, 0) is 43.7 Å². The van der Waals surface area contributed by atoms with E-state index in [4.69, 9.17) is 4.74 Å². The van der Waals surface area contributed by atoms with Gasteiger partial charge in [-0.25, -0.2) is 4.99 Å². The van der Waals surface area contributed by atoms with Crippen molar-refractivity contribution in [1.29, 1.82) is 0 Å². The standard InChI is InChI=1S/C19H18N6O4/c1-4-7-29-15-6-5-12(20-9-14(10(2)26)11(3)27)8-13(15)17-21-18-16(19(28)22-17)23-25-24-18/h5-6,8-9,26H,4,7H2,1-3H3/b14-10+,20-9?. The van der Waals surface area contributed by atoms with E-state index >= 15 is 0 Å². The summed E-state index contributed by atoms with van der Waals surface area (Å²) in [4.78, 5) is 36.2. The highest BCUT2D eigenvalue weighted by Gasteiger charge is 2.29. The van der Waals surface area contributed by atoms with Gasteiger partial charge in [-0.3, -0.25) is 14.6 Å². The molecule has 0 bridgehead atoms. The molecule has 1 aromatic rings. The molecular weight excluding hydrogens is 376 g/mol. The van der Waals surface area contributed by atoms with Crippen molar-refractivity contribution >= 4 is 41.0 Å². The maximum absolute atomic E-state index is 12.2. The molecule has 0 radical (unpaired) electrons. The molecule has 0 saturated heterocycles. The highest BCUT2D eigenvalue weighted by Crippen LogP contribution is 2.27. The number of hydrogen-bond donors (Lipinski definition) is 1. The zero-order valence-electron chi connectivity index (χ0n) is 16.1. The summed E-state index contributed by atoms with van der Waals surface area (Å²) in [5.74, 6) is -0.372. The largest absolute Gasteiger partial charge is 0.512 e. The molecular formula is C19H18N6O4. The number of hydrogen-bond acceptors (Lipinski definition) is 9. The van der Waals surface area contributed by atoms with Crippen LogP contribution in [0.4, 0.5) is 5.69 Å². The lowest BCUT2D eigenvalue weighted by Gasteiger charge is -2.13. The lowest BCUT2D eigenvalue weighted by Crippen LogP contribution is -2.26. The number of carbonyl (C=O) groups is 2. The minimum absolute atomic E-state index is 0.00592. The van der Waals surface area contributed by atoms with Gasteiger partial charge in [0.25, 0.3) is 0 Å². The molecule has 0 unspecified atom stereocenters. The van der Waals surface area contributed by atoms with E-state index < -0.39 is 5.91 Å². The minimum atomic E-state index is -0.594. The van der Waals surface area contributed by atoms with Crippen LogP contribution in [0.25, 0.3) is 0 Å². The molecule has 2 aliphatic heterocycles. The normalized spacial score (nSPS) is 16.2. The number of aliphatic hydroxyl groups excluding tert-OH is 1. The van der Waals surface area contributed by atoms with E-state index in [2.05, 4.69) is 30.4 Å². The summed E-state index contributed by atoms with van der Waals surface area (Å²) in [6.45, 7) is 5.17. The Morgan fingerprint density at radius 1 is 1.24 bits per heavy atom. The van der Waals surface area contributed by atoms with E-state index in [1.807, 2.05) is 6.92 Å². The average molecular weight is 394 g/mol. The molecule has 1 amide bonds. The van der Waals surface area contributed by atoms with Crippen molar-refractivity contribution in [2.75, 3.05) is 6.61 Å². The van der Waals surface area contributed by atoms with Crippen molar-refractivity contribution in [3.8, 4) is 5.75 Å². The summed E-state index contributed by atoms with van der Waals surface area (Å²) < 4.78 is 5.74. The van der Waals surface area contributed by atoms with E-state index in [1.165, 1.54) is 20.1 Å². The molecule has 1 N–H and O–H groups in total. The zero-order chi connectivity index (χ0) is 21.0. The van der Waals surface area contributed by atoms with Gasteiger partial charge in [-0.15, -0.1) is 10.2 Å². The Labute approximate surface area is 166 Å². The number of amides is 1. The van der Waals surface area contributed by atoms with Gasteiger partial charge < -0.3 is 9.84 Å². The molecule has 10 nitrogen and oxygen atoms in total. The van der Waals surface area contributed by atoms with Crippen LogP contribution < -0.4 is 4.74 Å². The first-order valence-corrected chi connectivity index (χ1v) is 8.83. The van der Waals surface area contributed by atoms with Gasteiger partial charge in [0, 0.05) is 6.21 Å². The van der Waals surface area contributed by atoms with Crippen molar-refractivity contribution in [3.05, 3.63) is 35.1 Å². The zero-order valence-corrected chi connectivity index (χ0v) is 16.1. The summed E-state index contributed by atoms with van der Waals surface area (Å²) in [7, 11) is 0. The number of rotatable bonds is 7. The Kier molecular flexibility index (Phi) is 5.82. The molecule has 2 aliphatic rings. The van der Waals surface area contributed by atoms with Crippen LogP contribution in [-0.2, 0) is 9.59 Å². The van der Waals surface area contributed by atoms with Crippen LogP contribution >= 0.6 is 0 Å². The third-order valence-electron chi connectivity index (χ3n) is 3.90. The number of amidine groups is 2. The second-order valence-corrected chi connectivity index (χ2v) is 6.16. The van der Waals surface area contributed by atoms with Crippen LogP contribution in [0.15, 0.2) is 59.9 Å². The fraction of sp³-hybridized carbons (Fsp3) is 0.263. The molecule has 0 aliphatic carbocycles. The summed E-state index contributed by atoms with van der Waals surface area (Å²) in [5.41, 5.74) is 0.972. The maximum Gasteiger partial charge on any atom is 0.303 e. The van der Waals surface area contributed by atoms with Crippen LogP contribution in [0.3, 0.4) is 0 Å². The van der Waals surface area contributed by atoms with Crippen LogP contribution in [0.5, 0.6) is 5.75 Å². The van der Waals surface area contributed by atoms with Gasteiger partial charge in [0.2, 0.25) is 11.5 Å². The second-order valence-electron chi connectivity index (χ2n) is 6.16. The Morgan fingerprint density at radius 3 is 2.72 bits per heavy atom. The predicted octanol–water partition coefficient (Wildman–Crippen LogP) is 3.11. The van der Waals surface area contributed by atoms with Crippen molar-refractivity contribution < 1.29 is 19.4 Å². The van der Waals surface area contributed by atoms with Gasteiger partial charge in [-0.2, -0.15) is 4.99 Å². The summed E-state index contributed by atoms with van der Waals surface area (Å²) in [6.07, 6.45) is 2.06. The number of ketones is 1. The Hall–Kier alpha value is -3.82. The van der Waals surface area contributed by atoms with E-state index in [1.54, 1.807) is 18.2 Å². The highest BCUT2D eigenvalue weighted by atomic mass is 16.5. The number of carbonyl (C=O) groups excluding carboxylic acids is 2. The first kappa shape index (κ1) is 19.9.